The number of amides is 3. The van der Waals surface area contributed by atoms with Crippen molar-refractivity contribution in [3.05, 3.63) is 79.9 Å². The third-order valence-electron chi connectivity index (χ3n) is 6.63. The Balaban J connectivity index is 1.24. The van der Waals surface area contributed by atoms with E-state index in [1.807, 2.05) is 0 Å². The van der Waals surface area contributed by atoms with E-state index in [0.717, 1.165) is 0 Å². The van der Waals surface area contributed by atoms with Gasteiger partial charge in [0.15, 0.2) is 0 Å². The molecule has 2 fully saturated rings. The molecule has 2 aromatic rings. The minimum Gasteiger partial charge on any atom is -0.445 e. The zero-order chi connectivity index (χ0) is 28.8. The fraction of sp³-hybridized carbons (Fsp3) is 0.400. The average molecular weight is 574 g/mol. The van der Waals surface area contributed by atoms with Crippen molar-refractivity contribution in [2.45, 2.75) is 43.4 Å². The second-order valence-corrected chi connectivity index (χ2v) is 10.2. The van der Waals surface area contributed by atoms with Crippen LogP contribution >= 0.6 is 12.6 Å². The van der Waals surface area contributed by atoms with Crippen LogP contribution in [0.15, 0.2) is 48.5 Å². The second-order valence-electron chi connectivity index (χ2n) is 9.45. The van der Waals surface area contributed by atoms with Crippen LogP contribution in [0.2, 0.25) is 0 Å². The second kappa shape index (κ2) is 12.6. The molecule has 2 heterocycles. The molecule has 0 saturated carbocycles. The fourth-order valence-corrected chi connectivity index (χ4v) is 4.87. The van der Waals surface area contributed by atoms with Gasteiger partial charge < -0.3 is 19.7 Å². The number of non-ortho nitro benzene ring substituents is 2. The molecule has 40 heavy (non-hydrogen) atoms. The van der Waals surface area contributed by atoms with Crippen LogP contribution in [0, 0.1) is 20.2 Å². The van der Waals surface area contributed by atoms with Crippen molar-refractivity contribution in [2.24, 2.45) is 0 Å². The first kappa shape index (κ1) is 28.6. The number of carbonyl (C=O) groups is 3. The summed E-state index contributed by atoms with van der Waals surface area (Å²) in [6.07, 6.45) is -0.435. The lowest BCUT2D eigenvalue weighted by Crippen LogP contribution is -2.49. The number of nitrogens with one attached hydrogen (secondary N) is 1. The van der Waals surface area contributed by atoms with Gasteiger partial charge in [-0.1, -0.05) is 0 Å². The van der Waals surface area contributed by atoms with Crippen molar-refractivity contribution in [3.63, 3.8) is 0 Å². The topological polar surface area (TPSA) is 174 Å². The molecule has 0 bridgehead atoms. The highest BCUT2D eigenvalue weighted by molar-refractivity contribution is 7.81. The molecule has 0 aliphatic carbocycles. The number of benzene rings is 2. The summed E-state index contributed by atoms with van der Waals surface area (Å²) in [5.74, 6) is -0.380. The van der Waals surface area contributed by atoms with Crippen molar-refractivity contribution >= 4 is 42.1 Å². The van der Waals surface area contributed by atoms with Crippen LogP contribution in [0.4, 0.5) is 21.0 Å². The molecule has 1 N–H and O–H groups in total. The SMILES string of the molecule is O=C(N[C@@H]1CCN(C(=O)OCc2ccc([N+](=O)[O-])cc2)C1)[C@@H]1C[C@H](S)CN1C(=O)OCc1ccc([N+](=O)[O-])cc1. The van der Waals surface area contributed by atoms with E-state index in [9.17, 15) is 34.6 Å². The molecule has 2 aliphatic rings. The van der Waals surface area contributed by atoms with Gasteiger partial charge in [-0.3, -0.25) is 29.9 Å². The Kier molecular flexibility index (Phi) is 9.04. The molecule has 3 atom stereocenters. The standard InChI is InChI=1S/C25H27N5O9S/c31-23(22-11-21(40)13-28(22)25(33)39-15-17-3-7-20(8-4-17)30(36)37)26-18-9-10-27(12-18)24(32)38-14-16-1-5-19(6-2-16)29(34)35/h1-8,18,21-22,40H,9-15H2,(H,26,31)/t18-,21+,22+/m1/s1. The molecule has 2 aromatic carbocycles. The van der Waals surface area contributed by atoms with E-state index < -0.39 is 28.1 Å². The number of nitrogens with zero attached hydrogens (tertiary/aromatic N) is 4. The molecular formula is C25H27N5O9S. The number of hydrogen-bond acceptors (Lipinski definition) is 10. The predicted molar refractivity (Wildman–Crippen MR) is 143 cm³/mol. The maximum absolute atomic E-state index is 13.1. The summed E-state index contributed by atoms with van der Waals surface area (Å²) in [5, 5.41) is 24.2. The third kappa shape index (κ3) is 7.16. The number of thiol groups is 1. The Hall–Kier alpha value is -4.40. The van der Waals surface area contributed by atoms with Gasteiger partial charge in [-0.25, -0.2) is 9.59 Å². The van der Waals surface area contributed by atoms with Crippen LogP contribution in [-0.4, -0.2) is 74.7 Å². The van der Waals surface area contributed by atoms with Gasteiger partial charge in [0.2, 0.25) is 5.91 Å². The average Bonchev–Trinajstić information content (AvgIpc) is 3.57. The molecule has 2 aliphatic heterocycles. The van der Waals surface area contributed by atoms with Crippen molar-refractivity contribution in [3.8, 4) is 0 Å². The van der Waals surface area contributed by atoms with Gasteiger partial charge in [0.25, 0.3) is 11.4 Å². The lowest BCUT2D eigenvalue weighted by molar-refractivity contribution is -0.385. The zero-order valence-electron chi connectivity index (χ0n) is 21.2. The predicted octanol–water partition coefficient (Wildman–Crippen LogP) is 3.04. The summed E-state index contributed by atoms with van der Waals surface area (Å²) in [4.78, 5) is 61.6. The summed E-state index contributed by atoms with van der Waals surface area (Å²) < 4.78 is 10.6. The maximum atomic E-state index is 13.1. The molecule has 212 valence electrons. The number of likely N-dealkylation sites (tertiary alicyclic amines) is 2. The monoisotopic (exact) mass is 573 g/mol. The Morgan fingerprint density at radius 2 is 1.40 bits per heavy atom. The summed E-state index contributed by atoms with van der Waals surface area (Å²) in [7, 11) is 0. The van der Waals surface area contributed by atoms with Crippen molar-refractivity contribution in [2.75, 3.05) is 19.6 Å². The quantitative estimate of drug-likeness (QED) is 0.273. The normalized spacial score (nSPS) is 20.2. The van der Waals surface area contributed by atoms with Gasteiger partial charge in [0.05, 0.1) is 9.85 Å². The number of rotatable bonds is 8. The zero-order valence-corrected chi connectivity index (χ0v) is 22.1. The highest BCUT2D eigenvalue weighted by atomic mass is 32.1. The summed E-state index contributed by atoms with van der Waals surface area (Å²) >= 11 is 4.43. The first-order valence-corrected chi connectivity index (χ1v) is 12.9. The molecule has 4 rings (SSSR count). The molecular weight excluding hydrogens is 546 g/mol. The first-order chi connectivity index (χ1) is 19.1. The molecule has 2 saturated heterocycles. The minimum absolute atomic E-state index is 0.0489. The van der Waals surface area contributed by atoms with Crippen molar-refractivity contribution in [1.82, 2.24) is 15.1 Å². The van der Waals surface area contributed by atoms with Crippen molar-refractivity contribution in [1.29, 1.82) is 0 Å². The fourth-order valence-electron chi connectivity index (χ4n) is 4.50. The van der Waals surface area contributed by atoms with E-state index in [2.05, 4.69) is 17.9 Å². The van der Waals surface area contributed by atoms with Crippen LogP contribution in [0.5, 0.6) is 0 Å². The lowest BCUT2D eigenvalue weighted by atomic mass is 10.1. The lowest BCUT2D eigenvalue weighted by Gasteiger charge is -2.25. The Morgan fingerprint density at radius 1 is 0.875 bits per heavy atom. The van der Waals surface area contributed by atoms with E-state index >= 15 is 0 Å². The number of nitro groups is 2. The Labute approximate surface area is 233 Å². The Bertz CT molecular complexity index is 1270. The van der Waals surface area contributed by atoms with Crippen molar-refractivity contribution < 1.29 is 33.7 Å². The molecule has 0 spiro atoms. The van der Waals surface area contributed by atoms with Gasteiger partial charge in [-0.15, -0.1) is 0 Å². The molecule has 15 heteroatoms. The van der Waals surface area contributed by atoms with E-state index in [0.29, 0.717) is 30.5 Å². The number of nitro benzene ring substituents is 2. The number of carbonyl (C=O) groups excluding carboxylic acids is 3. The summed E-state index contributed by atoms with van der Waals surface area (Å²) in [5.41, 5.74) is 1.03. The van der Waals surface area contributed by atoms with Gasteiger partial charge in [0, 0.05) is 55.2 Å². The molecule has 0 radical (unpaired) electrons. The molecule has 0 aromatic heterocycles. The first-order valence-electron chi connectivity index (χ1n) is 12.4. The van der Waals surface area contributed by atoms with Gasteiger partial charge >= 0.3 is 12.2 Å². The third-order valence-corrected chi connectivity index (χ3v) is 7.00. The van der Waals surface area contributed by atoms with Gasteiger partial charge in [-0.2, -0.15) is 12.6 Å². The maximum Gasteiger partial charge on any atom is 0.410 e. The number of ether oxygens (including phenoxy) is 2. The number of hydrogen-bond donors (Lipinski definition) is 2. The van der Waals surface area contributed by atoms with Crippen LogP contribution in [0.25, 0.3) is 0 Å². The van der Waals surface area contributed by atoms with E-state index in [1.54, 1.807) is 0 Å². The smallest absolute Gasteiger partial charge is 0.410 e. The molecule has 14 nitrogen and oxygen atoms in total. The molecule has 3 amide bonds. The van der Waals surface area contributed by atoms with Crippen LogP contribution < -0.4 is 5.32 Å². The van der Waals surface area contributed by atoms with E-state index in [1.165, 1.54) is 58.3 Å². The highest BCUT2D eigenvalue weighted by Gasteiger charge is 2.40. The van der Waals surface area contributed by atoms with Crippen LogP contribution in [0.3, 0.4) is 0 Å². The largest absolute Gasteiger partial charge is 0.445 e. The van der Waals surface area contributed by atoms with E-state index in [-0.39, 0.29) is 54.9 Å². The Morgan fingerprint density at radius 3 is 1.93 bits per heavy atom. The van der Waals surface area contributed by atoms with Crippen LogP contribution in [0.1, 0.15) is 24.0 Å². The minimum atomic E-state index is -0.796. The van der Waals surface area contributed by atoms with Gasteiger partial charge in [-0.05, 0) is 48.2 Å². The summed E-state index contributed by atoms with van der Waals surface area (Å²) in [6, 6.07) is 10.2. The summed E-state index contributed by atoms with van der Waals surface area (Å²) in [6.45, 7) is 0.647. The highest BCUT2D eigenvalue weighted by Crippen LogP contribution is 2.24. The van der Waals surface area contributed by atoms with Gasteiger partial charge in [0.1, 0.15) is 19.3 Å². The van der Waals surface area contributed by atoms with E-state index in [4.69, 9.17) is 9.47 Å². The molecule has 0 unspecified atom stereocenters. The van der Waals surface area contributed by atoms with Crippen LogP contribution in [-0.2, 0) is 27.5 Å².